The Labute approximate surface area is 150 Å². The van der Waals surface area contributed by atoms with Gasteiger partial charge in [0.15, 0.2) is 0 Å². The number of rotatable bonds is 2. The molecule has 0 unspecified atom stereocenters. The lowest BCUT2D eigenvalue weighted by atomic mass is 9.97. The van der Waals surface area contributed by atoms with E-state index in [-0.39, 0.29) is 24.1 Å². The van der Waals surface area contributed by atoms with Crippen LogP contribution in [0.15, 0.2) is 57.3 Å². The van der Waals surface area contributed by atoms with Crippen molar-refractivity contribution in [2.24, 2.45) is 8.73 Å². The minimum atomic E-state index is -0.119. The highest BCUT2D eigenvalue weighted by molar-refractivity contribution is 7.58. The summed E-state index contributed by atoms with van der Waals surface area (Å²) in [7, 11) is 0. The SMILES string of the molecule is C[C@@H]1CO[C@H](c2ccccc2)[C@@H](C)N1C(=O)c1ccc2c(c1)N=S=N2. The number of nitrogens with zero attached hydrogens (tertiary/aromatic N) is 3. The highest BCUT2D eigenvalue weighted by Gasteiger charge is 2.37. The molecule has 1 saturated heterocycles. The van der Waals surface area contributed by atoms with Gasteiger partial charge < -0.3 is 9.64 Å². The van der Waals surface area contributed by atoms with E-state index in [1.54, 1.807) is 0 Å². The summed E-state index contributed by atoms with van der Waals surface area (Å²) < 4.78 is 14.5. The molecule has 4 rings (SSSR count). The van der Waals surface area contributed by atoms with Crippen LogP contribution in [-0.4, -0.2) is 29.5 Å². The summed E-state index contributed by atoms with van der Waals surface area (Å²) in [5, 5.41) is 0. The van der Waals surface area contributed by atoms with Gasteiger partial charge in [0.05, 0.1) is 30.0 Å². The number of morpholine rings is 1. The van der Waals surface area contributed by atoms with Crippen LogP contribution in [0.4, 0.5) is 11.4 Å². The lowest BCUT2D eigenvalue weighted by Crippen LogP contribution is -2.53. The van der Waals surface area contributed by atoms with E-state index < -0.39 is 0 Å². The number of hydrogen-bond donors (Lipinski definition) is 0. The fourth-order valence-corrected chi connectivity index (χ4v) is 3.99. The smallest absolute Gasteiger partial charge is 0.254 e. The summed E-state index contributed by atoms with van der Waals surface area (Å²) in [4.78, 5) is 15.1. The van der Waals surface area contributed by atoms with E-state index in [0.29, 0.717) is 12.2 Å². The van der Waals surface area contributed by atoms with Crippen molar-refractivity contribution in [3.63, 3.8) is 0 Å². The van der Waals surface area contributed by atoms with Crippen molar-refractivity contribution < 1.29 is 9.53 Å². The van der Waals surface area contributed by atoms with Crippen LogP contribution >= 0.6 is 0 Å². The third kappa shape index (κ3) is 2.92. The Morgan fingerprint density at radius 2 is 1.88 bits per heavy atom. The van der Waals surface area contributed by atoms with Crippen LogP contribution in [0.25, 0.3) is 0 Å². The van der Waals surface area contributed by atoms with Crippen LogP contribution in [0, 0.1) is 0 Å². The van der Waals surface area contributed by atoms with Crippen molar-refractivity contribution in [3.8, 4) is 0 Å². The molecule has 3 atom stereocenters. The number of carbonyl (C=O) groups excluding carboxylic acids is 1. The monoisotopic (exact) mass is 353 g/mol. The molecule has 0 saturated carbocycles. The molecule has 2 aromatic carbocycles. The van der Waals surface area contributed by atoms with Gasteiger partial charge in [0, 0.05) is 5.56 Å². The topological polar surface area (TPSA) is 54.3 Å². The summed E-state index contributed by atoms with van der Waals surface area (Å²) in [5.74, 6) is 0.0131. The Kier molecular flexibility index (Phi) is 4.23. The van der Waals surface area contributed by atoms with Crippen LogP contribution < -0.4 is 0 Å². The van der Waals surface area contributed by atoms with Crippen LogP contribution in [0.3, 0.4) is 0 Å². The Morgan fingerprint density at radius 1 is 1.12 bits per heavy atom. The zero-order chi connectivity index (χ0) is 17.4. The number of hydrogen-bond acceptors (Lipinski definition) is 4. The molecule has 2 aliphatic heterocycles. The van der Waals surface area contributed by atoms with Crippen LogP contribution in [0.2, 0.25) is 0 Å². The minimum Gasteiger partial charge on any atom is -0.369 e. The van der Waals surface area contributed by atoms with Gasteiger partial charge in [-0.25, -0.2) is 0 Å². The summed E-state index contributed by atoms with van der Waals surface area (Å²) in [6.07, 6.45) is -0.119. The van der Waals surface area contributed by atoms with Crippen molar-refractivity contribution >= 4 is 28.6 Å². The zero-order valence-corrected chi connectivity index (χ0v) is 14.9. The average Bonchev–Trinajstić information content (AvgIpc) is 3.10. The average molecular weight is 353 g/mol. The minimum absolute atomic E-state index is 0.0131. The predicted octanol–water partition coefficient (Wildman–Crippen LogP) is 4.40. The molecule has 128 valence electrons. The predicted molar refractivity (Wildman–Crippen MR) is 98.2 cm³/mol. The Hall–Kier alpha value is -2.31. The standard InChI is InChI=1S/C19H19N3O2S/c1-12-11-24-18(14-6-4-3-5-7-14)13(2)22(12)19(23)15-8-9-16-17(10-15)21-25-20-16/h3-10,12-13,18H,11H2,1-2H3/t12-,13-,18+/m1/s1. The summed E-state index contributed by atoms with van der Waals surface area (Å²) in [6, 6.07) is 15.6. The molecule has 0 N–H and O–H groups in total. The van der Waals surface area contributed by atoms with Crippen molar-refractivity contribution in [2.75, 3.05) is 6.61 Å². The third-order valence-electron chi connectivity index (χ3n) is 4.73. The number of benzene rings is 2. The second-order valence-corrected chi connectivity index (χ2v) is 6.96. The maximum absolute atomic E-state index is 13.2. The van der Waals surface area contributed by atoms with Gasteiger partial charge in [-0.05, 0) is 37.6 Å². The van der Waals surface area contributed by atoms with E-state index in [2.05, 4.69) is 8.73 Å². The van der Waals surface area contributed by atoms with Crippen LogP contribution in [-0.2, 0) is 16.1 Å². The molecule has 0 radical (unpaired) electrons. The van der Waals surface area contributed by atoms with Gasteiger partial charge in [0.25, 0.3) is 5.91 Å². The molecule has 1 fully saturated rings. The molecule has 0 aliphatic carbocycles. The molecule has 2 heterocycles. The molecule has 25 heavy (non-hydrogen) atoms. The first-order valence-electron chi connectivity index (χ1n) is 8.36. The second-order valence-electron chi connectivity index (χ2n) is 6.43. The van der Waals surface area contributed by atoms with Crippen molar-refractivity contribution in [1.82, 2.24) is 4.90 Å². The molecular weight excluding hydrogens is 334 g/mol. The van der Waals surface area contributed by atoms with Gasteiger partial charge in [-0.1, -0.05) is 30.3 Å². The van der Waals surface area contributed by atoms with Crippen molar-refractivity contribution in [1.29, 1.82) is 0 Å². The van der Waals surface area contributed by atoms with Gasteiger partial charge in [-0.15, -0.1) is 0 Å². The molecule has 0 bridgehead atoms. The molecule has 6 heteroatoms. The first kappa shape index (κ1) is 16.2. The Balaban J connectivity index is 1.63. The number of carbonyl (C=O) groups is 1. The van der Waals surface area contributed by atoms with E-state index >= 15 is 0 Å². The first-order valence-corrected chi connectivity index (χ1v) is 9.09. The van der Waals surface area contributed by atoms with Crippen LogP contribution in [0.5, 0.6) is 0 Å². The lowest BCUT2D eigenvalue weighted by Gasteiger charge is -2.44. The second kappa shape index (κ2) is 6.54. The highest BCUT2D eigenvalue weighted by Crippen LogP contribution is 2.35. The van der Waals surface area contributed by atoms with Crippen molar-refractivity contribution in [3.05, 3.63) is 59.7 Å². The lowest BCUT2D eigenvalue weighted by molar-refractivity contribution is -0.0806. The fraction of sp³-hybridized carbons (Fsp3) is 0.316. The van der Waals surface area contributed by atoms with Crippen molar-refractivity contribution in [2.45, 2.75) is 32.0 Å². The number of ether oxygens (including phenoxy) is 1. The number of fused-ring (bicyclic) bond motifs is 1. The largest absolute Gasteiger partial charge is 0.369 e. The molecular formula is C19H19N3O2S. The Morgan fingerprint density at radius 3 is 2.68 bits per heavy atom. The summed E-state index contributed by atoms with van der Waals surface area (Å²) in [5.41, 5.74) is 3.34. The third-order valence-corrected chi connectivity index (χ3v) is 5.29. The molecule has 0 spiro atoms. The molecule has 2 aliphatic rings. The van der Waals surface area contributed by atoms with Gasteiger partial charge in [-0.3, -0.25) is 4.79 Å². The molecule has 2 aromatic rings. The number of amides is 1. The maximum Gasteiger partial charge on any atom is 0.254 e. The quantitative estimate of drug-likeness (QED) is 0.685. The zero-order valence-electron chi connectivity index (χ0n) is 14.1. The van der Waals surface area contributed by atoms with Gasteiger partial charge >= 0.3 is 0 Å². The van der Waals surface area contributed by atoms with Crippen LogP contribution in [0.1, 0.15) is 35.9 Å². The molecule has 5 nitrogen and oxygen atoms in total. The molecule has 0 aromatic heterocycles. The van der Waals surface area contributed by atoms with Gasteiger partial charge in [-0.2, -0.15) is 8.73 Å². The highest BCUT2D eigenvalue weighted by atomic mass is 32.1. The van der Waals surface area contributed by atoms with E-state index in [1.807, 2.05) is 67.3 Å². The first-order chi connectivity index (χ1) is 12.1. The van der Waals surface area contributed by atoms with Gasteiger partial charge in [0.2, 0.25) is 0 Å². The van der Waals surface area contributed by atoms with E-state index in [4.69, 9.17) is 4.74 Å². The fourth-order valence-electron chi connectivity index (χ4n) is 3.48. The molecule has 1 amide bonds. The normalized spacial score (nSPS) is 24.7. The maximum atomic E-state index is 13.2. The summed E-state index contributed by atoms with van der Waals surface area (Å²) >= 11 is 1.16. The summed E-state index contributed by atoms with van der Waals surface area (Å²) in [6.45, 7) is 4.60. The van der Waals surface area contributed by atoms with E-state index in [1.165, 1.54) is 0 Å². The Bertz CT molecular complexity index is 877. The van der Waals surface area contributed by atoms with E-state index in [0.717, 1.165) is 28.3 Å². The van der Waals surface area contributed by atoms with Gasteiger partial charge in [0.1, 0.15) is 17.5 Å². The van der Waals surface area contributed by atoms with E-state index in [9.17, 15) is 4.79 Å².